The zero-order chi connectivity index (χ0) is 20.7. The van der Waals surface area contributed by atoms with Gasteiger partial charge in [0.15, 0.2) is 6.10 Å². The highest BCUT2D eigenvalue weighted by Crippen LogP contribution is 2.19. The number of aryl methyl sites for hydroxylation is 1. The number of sulfonamides is 1. The lowest BCUT2D eigenvalue weighted by Gasteiger charge is -2.13. The summed E-state index contributed by atoms with van der Waals surface area (Å²) in [7, 11) is -3.80. The summed E-state index contributed by atoms with van der Waals surface area (Å²) < 4.78 is 27.6. The van der Waals surface area contributed by atoms with Gasteiger partial charge in [0.1, 0.15) is 0 Å². The van der Waals surface area contributed by atoms with E-state index in [-0.39, 0.29) is 11.3 Å². The number of nitrogens with two attached hydrogens (primary N) is 1. The molecule has 0 aliphatic heterocycles. The average molecular weight is 423 g/mol. The van der Waals surface area contributed by atoms with E-state index < -0.39 is 28.0 Å². The van der Waals surface area contributed by atoms with E-state index in [2.05, 4.69) is 5.32 Å². The van der Waals surface area contributed by atoms with Gasteiger partial charge >= 0.3 is 5.97 Å². The summed E-state index contributed by atoms with van der Waals surface area (Å²) in [5, 5.41) is 7.58. The van der Waals surface area contributed by atoms with Gasteiger partial charge in [-0.3, -0.25) is 9.59 Å². The highest BCUT2D eigenvalue weighted by atomic mass is 32.2. The van der Waals surface area contributed by atoms with Crippen molar-refractivity contribution in [2.24, 2.45) is 5.14 Å². The fourth-order valence-corrected chi connectivity index (χ4v) is 3.52. The molecule has 28 heavy (non-hydrogen) atoms. The van der Waals surface area contributed by atoms with Crippen LogP contribution in [0.5, 0.6) is 0 Å². The lowest BCUT2D eigenvalue weighted by atomic mass is 10.2. The Kier molecular flexibility index (Phi) is 7.61. The first-order valence-electron chi connectivity index (χ1n) is 8.48. The van der Waals surface area contributed by atoms with Crippen LogP contribution in [0.25, 0.3) is 0 Å². The number of anilines is 1. The molecule has 7 nitrogen and oxygen atoms in total. The van der Waals surface area contributed by atoms with Gasteiger partial charge in [0.05, 0.1) is 11.3 Å². The number of amides is 1. The Labute approximate surface area is 168 Å². The molecule has 0 heterocycles. The molecule has 150 valence electrons. The van der Waals surface area contributed by atoms with Gasteiger partial charge in [-0.05, 0) is 50.2 Å². The molecule has 0 spiro atoms. The van der Waals surface area contributed by atoms with Crippen molar-refractivity contribution < 1.29 is 22.7 Å². The normalized spacial score (nSPS) is 12.2. The number of hydrogen-bond acceptors (Lipinski definition) is 6. The molecule has 0 saturated heterocycles. The van der Waals surface area contributed by atoms with E-state index in [0.29, 0.717) is 11.4 Å². The Hall–Kier alpha value is -2.36. The Bertz CT molecular complexity index is 926. The molecule has 0 aromatic heterocycles. The number of carbonyl (C=O) groups is 2. The molecule has 0 radical (unpaired) electrons. The summed E-state index contributed by atoms with van der Waals surface area (Å²) >= 11 is 1.54. The minimum atomic E-state index is -3.80. The Balaban J connectivity index is 1.77. The first-order valence-corrected chi connectivity index (χ1v) is 11.0. The van der Waals surface area contributed by atoms with Crippen LogP contribution >= 0.6 is 11.8 Å². The molecule has 0 unspecified atom stereocenters. The van der Waals surface area contributed by atoms with Crippen LogP contribution in [-0.4, -0.2) is 32.2 Å². The summed E-state index contributed by atoms with van der Waals surface area (Å²) in [6, 6.07) is 13.4. The number of rotatable bonds is 8. The molecule has 0 saturated carbocycles. The van der Waals surface area contributed by atoms with Crippen LogP contribution in [-0.2, 0) is 24.3 Å². The molecular weight excluding hydrogens is 400 g/mol. The molecule has 2 aromatic carbocycles. The maximum absolute atomic E-state index is 12.1. The number of esters is 1. The predicted molar refractivity (Wildman–Crippen MR) is 109 cm³/mol. The van der Waals surface area contributed by atoms with Crippen LogP contribution < -0.4 is 10.5 Å². The molecule has 9 heteroatoms. The van der Waals surface area contributed by atoms with Gasteiger partial charge in [-0.15, -0.1) is 11.8 Å². The Morgan fingerprint density at radius 1 is 1.11 bits per heavy atom. The van der Waals surface area contributed by atoms with Crippen molar-refractivity contribution in [1.82, 2.24) is 0 Å². The number of ether oxygens (including phenoxy) is 1. The minimum absolute atomic E-state index is 0.0592. The molecule has 2 rings (SSSR count). The number of nitrogens with one attached hydrogen (secondary N) is 1. The van der Waals surface area contributed by atoms with Crippen molar-refractivity contribution in [1.29, 1.82) is 0 Å². The van der Waals surface area contributed by atoms with Gasteiger partial charge in [0, 0.05) is 16.3 Å². The van der Waals surface area contributed by atoms with Crippen molar-refractivity contribution >= 4 is 39.3 Å². The van der Waals surface area contributed by atoms with Crippen LogP contribution in [0.15, 0.2) is 58.3 Å². The monoisotopic (exact) mass is 422 g/mol. The molecule has 3 N–H and O–H groups in total. The topological polar surface area (TPSA) is 116 Å². The van der Waals surface area contributed by atoms with Crippen molar-refractivity contribution in [3.05, 3.63) is 54.1 Å². The van der Waals surface area contributed by atoms with E-state index in [0.717, 1.165) is 4.90 Å². The van der Waals surface area contributed by atoms with Crippen LogP contribution in [0.2, 0.25) is 0 Å². The third-order valence-corrected chi connectivity index (χ3v) is 5.67. The number of hydrogen-bond donors (Lipinski definition) is 2. The van der Waals surface area contributed by atoms with E-state index in [1.165, 1.54) is 48.5 Å². The van der Waals surface area contributed by atoms with E-state index in [9.17, 15) is 18.0 Å². The smallest absolute Gasteiger partial charge is 0.307 e. The maximum atomic E-state index is 12.1. The van der Waals surface area contributed by atoms with Gasteiger partial charge in [0.2, 0.25) is 10.0 Å². The van der Waals surface area contributed by atoms with E-state index in [1.54, 1.807) is 0 Å². The second kappa shape index (κ2) is 9.72. The van der Waals surface area contributed by atoms with Crippen LogP contribution in [0.4, 0.5) is 5.69 Å². The van der Waals surface area contributed by atoms with Gasteiger partial charge in [-0.25, -0.2) is 13.6 Å². The quantitative estimate of drug-likeness (QED) is 0.499. The SMILES string of the molecule is Cc1ccc(SCCC(=O)O[C@@H](C)C(=O)Nc2ccc(S(N)(=O)=O)cc2)cc1. The van der Waals surface area contributed by atoms with E-state index in [4.69, 9.17) is 9.88 Å². The molecular formula is C19H22N2O5S2. The lowest BCUT2D eigenvalue weighted by Crippen LogP contribution is -2.30. The summed E-state index contributed by atoms with van der Waals surface area (Å²) in [6.07, 6.45) is -0.797. The van der Waals surface area contributed by atoms with Crippen molar-refractivity contribution in [2.45, 2.75) is 36.2 Å². The minimum Gasteiger partial charge on any atom is -0.453 e. The summed E-state index contributed by atoms with van der Waals surface area (Å²) in [5.74, 6) is -0.430. The van der Waals surface area contributed by atoms with Crippen molar-refractivity contribution in [2.75, 3.05) is 11.1 Å². The number of thioether (sulfide) groups is 1. The average Bonchev–Trinajstić information content (AvgIpc) is 2.63. The molecule has 0 bridgehead atoms. The second-order valence-corrected chi connectivity index (χ2v) is 8.83. The maximum Gasteiger partial charge on any atom is 0.307 e. The predicted octanol–water partition coefficient (Wildman–Crippen LogP) is 2.70. The molecule has 1 amide bonds. The van der Waals surface area contributed by atoms with Gasteiger partial charge in [-0.1, -0.05) is 17.7 Å². The summed E-state index contributed by atoms with van der Waals surface area (Å²) in [5.41, 5.74) is 1.54. The molecule has 0 aliphatic carbocycles. The van der Waals surface area contributed by atoms with Gasteiger partial charge < -0.3 is 10.1 Å². The largest absolute Gasteiger partial charge is 0.453 e. The van der Waals surface area contributed by atoms with Gasteiger partial charge in [0.25, 0.3) is 5.91 Å². The Morgan fingerprint density at radius 3 is 2.29 bits per heavy atom. The molecule has 0 aliphatic rings. The van der Waals surface area contributed by atoms with E-state index in [1.807, 2.05) is 31.2 Å². The first kappa shape index (κ1) is 21.9. The molecule has 2 aromatic rings. The standard InChI is InChI=1S/C19H22N2O5S2/c1-13-3-7-16(8-4-13)27-12-11-18(22)26-14(2)19(23)21-15-5-9-17(10-6-15)28(20,24)25/h3-10,14H,11-12H2,1-2H3,(H,21,23)(H2,20,24,25)/t14-/m0/s1. The fourth-order valence-electron chi connectivity index (χ4n) is 2.17. The van der Waals surface area contributed by atoms with Crippen molar-refractivity contribution in [3.8, 4) is 0 Å². The van der Waals surface area contributed by atoms with Crippen LogP contribution in [0.1, 0.15) is 18.9 Å². The first-order chi connectivity index (χ1) is 13.1. The molecule has 0 fully saturated rings. The fraction of sp³-hybridized carbons (Fsp3) is 0.263. The van der Waals surface area contributed by atoms with Crippen LogP contribution in [0, 0.1) is 6.92 Å². The summed E-state index contributed by atoms with van der Waals surface area (Å²) in [6.45, 7) is 3.48. The second-order valence-electron chi connectivity index (χ2n) is 6.10. The highest BCUT2D eigenvalue weighted by molar-refractivity contribution is 7.99. The van der Waals surface area contributed by atoms with Gasteiger partial charge in [-0.2, -0.15) is 0 Å². The highest BCUT2D eigenvalue weighted by Gasteiger charge is 2.18. The zero-order valence-electron chi connectivity index (χ0n) is 15.5. The number of carbonyl (C=O) groups excluding carboxylic acids is 2. The third-order valence-electron chi connectivity index (χ3n) is 3.72. The summed E-state index contributed by atoms with van der Waals surface area (Å²) in [4.78, 5) is 25.0. The van der Waals surface area contributed by atoms with E-state index >= 15 is 0 Å². The molecule has 1 atom stereocenters. The van der Waals surface area contributed by atoms with Crippen molar-refractivity contribution in [3.63, 3.8) is 0 Å². The number of benzene rings is 2. The third kappa shape index (κ3) is 6.99. The zero-order valence-corrected chi connectivity index (χ0v) is 17.2. The van der Waals surface area contributed by atoms with Crippen LogP contribution in [0.3, 0.4) is 0 Å². The lowest BCUT2D eigenvalue weighted by molar-refractivity contribution is -0.152. The number of primary sulfonamides is 1. The Morgan fingerprint density at radius 2 is 1.71 bits per heavy atom.